The van der Waals surface area contributed by atoms with Crippen molar-refractivity contribution in [2.75, 3.05) is 5.32 Å². The molecule has 2 fully saturated rings. The molecule has 2 aliphatic carbocycles. The first kappa shape index (κ1) is 13.3. The van der Waals surface area contributed by atoms with E-state index in [1.165, 1.54) is 25.7 Å². The first-order chi connectivity index (χ1) is 9.11. The van der Waals surface area contributed by atoms with Gasteiger partial charge in [0.2, 0.25) is 5.91 Å². The van der Waals surface area contributed by atoms with Gasteiger partial charge in [-0.2, -0.15) is 0 Å². The highest BCUT2D eigenvalue weighted by Crippen LogP contribution is 2.49. The Kier molecular flexibility index (Phi) is 3.72. The van der Waals surface area contributed by atoms with Crippen LogP contribution in [0.5, 0.6) is 0 Å². The zero-order valence-corrected chi connectivity index (χ0v) is 12.2. The van der Waals surface area contributed by atoms with E-state index in [0.717, 1.165) is 11.8 Å². The summed E-state index contributed by atoms with van der Waals surface area (Å²) in [5, 5.41) is 3.97. The lowest BCUT2D eigenvalue weighted by molar-refractivity contribution is -0.117. The lowest BCUT2D eigenvalue weighted by Gasteiger charge is -2.21. The second kappa shape index (κ2) is 5.34. The van der Waals surface area contributed by atoms with Crippen LogP contribution in [0, 0.1) is 17.8 Å². The van der Waals surface area contributed by atoms with Crippen molar-refractivity contribution in [1.29, 1.82) is 0 Å². The molecule has 2 nitrogen and oxygen atoms in total. The first-order valence-electron chi connectivity index (χ1n) is 6.86. The summed E-state index contributed by atoms with van der Waals surface area (Å²) in [6.45, 7) is 0. The number of carbonyl (C=O) groups is 1. The van der Waals surface area contributed by atoms with E-state index in [4.69, 9.17) is 23.2 Å². The monoisotopic (exact) mass is 297 g/mol. The molecule has 1 N–H and O–H groups in total. The molecule has 19 heavy (non-hydrogen) atoms. The van der Waals surface area contributed by atoms with Crippen LogP contribution in [0.1, 0.15) is 32.1 Å². The first-order valence-corrected chi connectivity index (χ1v) is 7.62. The molecule has 1 aromatic rings. The minimum absolute atomic E-state index is 0.0711. The average molecular weight is 298 g/mol. The molecular formula is C15H17Cl2NO. The van der Waals surface area contributed by atoms with E-state index in [1.54, 1.807) is 18.2 Å². The van der Waals surface area contributed by atoms with Crippen molar-refractivity contribution in [3.8, 4) is 0 Å². The van der Waals surface area contributed by atoms with Gasteiger partial charge >= 0.3 is 0 Å². The van der Waals surface area contributed by atoms with Crippen LogP contribution in [0.15, 0.2) is 18.2 Å². The lowest BCUT2D eigenvalue weighted by atomic mass is 9.86. The molecule has 3 rings (SSSR count). The summed E-state index contributed by atoms with van der Waals surface area (Å²) >= 11 is 11.9. The Morgan fingerprint density at radius 3 is 2.74 bits per heavy atom. The van der Waals surface area contributed by atoms with Gasteiger partial charge in [0.25, 0.3) is 0 Å². The summed E-state index contributed by atoms with van der Waals surface area (Å²) in [5.41, 5.74) is 0.652. The van der Waals surface area contributed by atoms with Crippen LogP contribution in [0.2, 0.25) is 10.0 Å². The van der Waals surface area contributed by atoms with Crippen molar-refractivity contribution in [3.63, 3.8) is 0 Å². The fraction of sp³-hybridized carbons (Fsp3) is 0.533. The third-order valence-corrected chi connectivity index (χ3v) is 5.09. The van der Waals surface area contributed by atoms with Gasteiger partial charge in [0.05, 0.1) is 10.7 Å². The Hall–Kier alpha value is -0.730. The fourth-order valence-corrected chi connectivity index (χ4v) is 4.11. The molecule has 3 atom stereocenters. The molecule has 4 heteroatoms. The van der Waals surface area contributed by atoms with E-state index < -0.39 is 0 Å². The molecule has 2 aliphatic rings. The lowest BCUT2D eigenvalue weighted by Crippen LogP contribution is -2.20. The Labute approximate surface area is 123 Å². The van der Waals surface area contributed by atoms with Gasteiger partial charge in [-0.05, 0) is 55.2 Å². The SMILES string of the molecule is O=C(C[C@@H]1C[C@H]2CC[C@@H]1C2)Nc1ccc(Cl)cc1Cl. The van der Waals surface area contributed by atoms with Gasteiger partial charge in [0.1, 0.15) is 0 Å². The van der Waals surface area contributed by atoms with Gasteiger partial charge in [-0.25, -0.2) is 0 Å². The van der Waals surface area contributed by atoms with E-state index >= 15 is 0 Å². The zero-order valence-electron chi connectivity index (χ0n) is 10.7. The number of nitrogens with one attached hydrogen (secondary N) is 1. The average Bonchev–Trinajstić information content (AvgIpc) is 2.95. The molecule has 2 saturated carbocycles. The van der Waals surface area contributed by atoms with E-state index in [-0.39, 0.29) is 5.91 Å². The molecule has 0 aromatic heterocycles. The number of rotatable bonds is 3. The number of hydrogen-bond donors (Lipinski definition) is 1. The quantitative estimate of drug-likeness (QED) is 0.856. The molecule has 1 aromatic carbocycles. The van der Waals surface area contributed by atoms with Crippen molar-refractivity contribution in [2.45, 2.75) is 32.1 Å². The van der Waals surface area contributed by atoms with Gasteiger partial charge in [-0.3, -0.25) is 4.79 Å². The van der Waals surface area contributed by atoms with Crippen molar-refractivity contribution in [3.05, 3.63) is 28.2 Å². The van der Waals surface area contributed by atoms with Gasteiger partial charge in [-0.1, -0.05) is 29.6 Å². The van der Waals surface area contributed by atoms with Crippen LogP contribution < -0.4 is 5.32 Å². The Bertz CT molecular complexity index is 503. The maximum Gasteiger partial charge on any atom is 0.224 e. The molecule has 1 amide bonds. The summed E-state index contributed by atoms with van der Waals surface area (Å²) in [4.78, 5) is 12.1. The van der Waals surface area contributed by atoms with Crippen molar-refractivity contribution >= 4 is 34.8 Å². The molecule has 0 saturated heterocycles. The standard InChI is InChI=1S/C15H17Cl2NO/c16-12-3-4-14(13(17)8-12)18-15(19)7-11-6-9-1-2-10(11)5-9/h3-4,8-11H,1-2,5-7H2,(H,18,19)/t9-,10+,11-/m0/s1. The van der Waals surface area contributed by atoms with Crippen LogP contribution in [-0.4, -0.2) is 5.91 Å². The van der Waals surface area contributed by atoms with Gasteiger partial charge < -0.3 is 5.32 Å². The maximum atomic E-state index is 12.1. The molecule has 0 aliphatic heterocycles. The molecule has 0 heterocycles. The van der Waals surface area contributed by atoms with E-state index in [9.17, 15) is 4.79 Å². The number of anilines is 1. The topological polar surface area (TPSA) is 29.1 Å². The van der Waals surface area contributed by atoms with E-state index in [2.05, 4.69) is 5.32 Å². The van der Waals surface area contributed by atoms with Gasteiger partial charge in [0, 0.05) is 11.4 Å². The second-order valence-corrected chi connectivity index (χ2v) is 6.66. The summed E-state index contributed by atoms with van der Waals surface area (Å²) in [6, 6.07) is 5.14. The number of carbonyl (C=O) groups excluding carboxylic acids is 1. The highest BCUT2D eigenvalue weighted by atomic mass is 35.5. The van der Waals surface area contributed by atoms with E-state index in [0.29, 0.717) is 28.1 Å². The van der Waals surface area contributed by atoms with E-state index in [1.807, 2.05) is 0 Å². The summed E-state index contributed by atoms with van der Waals surface area (Å²) in [7, 11) is 0. The summed E-state index contributed by atoms with van der Waals surface area (Å²) in [6.07, 6.45) is 5.86. The molecule has 0 spiro atoms. The maximum absolute atomic E-state index is 12.1. The van der Waals surface area contributed by atoms with Gasteiger partial charge in [0.15, 0.2) is 0 Å². The number of fused-ring (bicyclic) bond motifs is 2. The molecule has 0 radical (unpaired) electrons. The van der Waals surface area contributed by atoms with Crippen molar-refractivity contribution in [2.24, 2.45) is 17.8 Å². The largest absolute Gasteiger partial charge is 0.325 e. The van der Waals surface area contributed by atoms with Crippen LogP contribution in [0.25, 0.3) is 0 Å². The van der Waals surface area contributed by atoms with Crippen molar-refractivity contribution < 1.29 is 4.79 Å². The number of benzene rings is 1. The summed E-state index contributed by atoms with van der Waals surface area (Å²) in [5.74, 6) is 2.30. The molecule has 102 valence electrons. The van der Waals surface area contributed by atoms with Gasteiger partial charge in [-0.15, -0.1) is 0 Å². The smallest absolute Gasteiger partial charge is 0.224 e. The van der Waals surface area contributed by atoms with Crippen LogP contribution in [-0.2, 0) is 4.79 Å². The number of halogens is 2. The molecule has 0 unspecified atom stereocenters. The molecule has 2 bridgehead atoms. The fourth-order valence-electron chi connectivity index (χ4n) is 3.66. The van der Waals surface area contributed by atoms with Crippen molar-refractivity contribution in [1.82, 2.24) is 0 Å². The Morgan fingerprint density at radius 2 is 2.11 bits per heavy atom. The minimum atomic E-state index is 0.0711. The summed E-state index contributed by atoms with van der Waals surface area (Å²) < 4.78 is 0. The Balaban J connectivity index is 1.59. The van der Waals surface area contributed by atoms with Crippen LogP contribution in [0.3, 0.4) is 0 Å². The predicted octanol–water partition coefficient (Wildman–Crippen LogP) is 4.76. The highest BCUT2D eigenvalue weighted by Gasteiger charge is 2.40. The highest BCUT2D eigenvalue weighted by molar-refractivity contribution is 6.36. The predicted molar refractivity (Wildman–Crippen MR) is 78.6 cm³/mol. The minimum Gasteiger partial charge on any atom is -0.325 e. The molecular weight excluding hydrogens is 281 g/mol. The zero-order chi connectivity index (χ0) is 13.4. The normalized spacial score (nSPS) is 28.6. The third kappa shape index (κ3) is 2.90. The number of amides is 1. The number of hydrogen-bond acceptors (Lipinski definition) is 1. The van der Waals surface area contributed by atoms with Crippen LogP contribution >= 0.6 is 23.2 Å². The Morgan fingerprint density at radius 1 is 1.26 bits per heavy atom. The van der Waals surface area contributed by atoms with Crippen LogP contribution in [0.4, 0.5) is 5.69 Å². The third-order valence-electron chi connectivity index (χ3n) is 4.54. The second-order valence-electron chi connectivity index (χ2n) is 5.81.